The van der Waals surface area contributed by atoms with Gasteiger partial charge in [0.1, 0.15) is 17.1 Å². The van der Waals surface area contributed by atoms with Crippen molar-refractivity contribution >= 4 is 43.2 Å². The molecule has 0 spiro atoms. The van der Waals surface area contributed by atoms with E-state index in [4.69, 9.17) is 4.74 Å². The summed E-state index contributed by atoms with van der Waals surface area (Å²) in [4.78, 5) is 30.3. The van der Waals surface area contributed by atoms with Crippen LogP contribution in [0.15, 0.2) is 45.7 Å². The summed E-state index contributed by atoms with van der Waals surface area (Å²) in [5.41, 5.74) is -0.0686. The van der Waals surface area contributed by atoms with Crippen molar-refractivity contribution in [1.29, 1.82) is 0 Å². The molecule has 3 heterocycles. The van der Waals surface area contributed by atoms with Crippen LogP contribution in [0.2, 0.25) is 0 Å². The van der Waals surface area contributed by atoms with Crippen LogP contribution in [0.3, 0.4) is 0 Å². The third kappa shape index (κ3) is 5.10. The van der Waals surface area contributed by atoms with E-state index >= 15 is 0 Å². The van der Waals surface area contributed by atoms with Gasteiger partial charge in [-0.05, 0) is 56.3 Å². The molecule has 0 radical (unpaired) electrons. The fourth-order valence-electron chi connectivity index (χ4n) is 3.73. The number of nitrogens with zero attached hydrogens (tertiary/aromatic N) is 3. The Kier molecular flexibility index (Phi) is 6.82. The third-order valence-corrected chi connectivity index (χ3v) is 8.02. The molecular weight excluding hydrogens is 464 g/mol. The molecule has 1 fully saturated rings. The molecule has 1 aliphatic heterocycles. The summed E-state index contributed by atoms with van der Waals surface area (Å²) in [5, 5.41) is 4.94. The molecule has 0 aliphatic carbocycles. The molecule has 0 saturated carbocycles. The molecule has 33 heavy (non-hydrogen) atoms. The molecule has 1 amide bonds. The largest absolute Gasteiger partial charge is 0.489 e. The molecular formula is C22H26N4O5S2. The van der Waals surface area contributed by atoms with Crippen molar-refractivity contribution in [3.63, 3.8) is 0 Å². The highest BCUT2D eigenvalue weighted by Gasteiger charge is 2.27. The van der Waals surface area contributed by atoms with Crippen LogP contribution in [0.4, 0.5) is 5.69 Å². The molecule has 0 unspecified atom stereocenters. The second-order valence-corrected chi connectivity index (χ2v) is 11.0. The fraction of sp³-hybridized carbons (Fsp3) is 0.409. The number of amides is 1. The number of ether oxygens (including phenoxy) is 1. The standard InChI is InChI=1S/C22H26N4O5S2/c1-15(2)31-19-7-6-16(33(29,30)26-9-4-3-5-10-26)12-18(19)24-20(27)13-25-14-23-21-17(22(25)28)8-11-32-21/h6-8,11-12,14-15H,3-5,9-10,13H2,1-2H3,(H,24,27). The molecule has 176 valence electrons. The van der Waals surface area contributed by atoms with Crippen LogP contribution in [0, 0.1) is 0 Å². The van der Waals surface area contributed by atoms with Gasteiger partial charge in [0.2, 0.25) is 15.9 Å². The van der Waals surface area contributed by atoms with Crippen LogP contribution in [0.1, 0.15) is 33.1 Å². The number of hydrogen-bond donors (Lipinski definition) is 1. The zero-order valence-corrected chi connectivity index (χ0v) is 20.1. The van der Waals surface area contributed by atoms with Gasteiger partial charge in [0.05, 0.1) is 28.4 Å². The van der Waals surface area contributed by atoms with E-state index in [1.54, 1.807) is 17.5 Å². The van der Waals surface area contributed by atoms with Crippen LogP contribution >= 0.6 is 11.3 Å². The van der Waals surface area contributed by atoms with Gasteiger partial charge in [-0.15, -0.1) is 11.3 Å². The van der Waals surface area contributed by atoms with Crippen LogP contribution in [0.25, 0.3) is 10.2 Å². The Hall–Kier alpha value is -2.76. The van der Waals surface area contributed by atoms with Gasteiger partial charge in [-0.3, -0.25) is 14.2 Å². The van der Waals surface area contributed by atoms with E-state index in [1.165, 1.54) is 38.7 Å². The maximum atomic E-state index is 13.1. The minimum Gasteiger partial charge on any atom is -0.489 e. The van der Waals surface area contributed by atoms with Crippen LogP contribution in [-0.2, 0) is 21.4 Å². The average Bonchev–Trinajstić information content (AvgIpc) is 3.27. The number of thiophene rings is 1. The lowest BCUT2D eigenvalue weighted by atomic mass is 10.2. The molecule has 2 aromatic heterocycles. The Balaban J connectivity index is 1.61. The summed E-state index contributed by atoms with van der Waals surface area (Å²) in [6.45, 7) is 4.38. The first-order chi connectivity index (χ1) is 15.8. The normalized spacial score (nSPS) is 15.1. The van der Waals surface area contributed by atoms with Crippen LogP contribution in [-0.4, -0.2) is 47.4 Å². The number of carbonyl (C=O) groups is 1. The number of rotatable bonds is 7. The summed E-state index contributed by atoms with van der Waals surface area (Å²) in [6, 6.07) is 6.14. The predicted molar refractivity (Wildman–Crippen MR) is 127 cm³/mol. The number of sulfonamides is 1. The maximum Gasteiger partial charge on any atom is 0.262 e. The van der Waals surface area contributed by atoms with E-state index in [1.807, 2.05) is 13.8 Å². The highest BCUT2D eigenvalue weighted by Crippen LogP contribution is 2.31. The first kappa shape index (κ1) is 23.4. The Bertz CT molecular complexity index is 1320. The molecule has 1 saturated heterocycles. The number of fused-ring (bicyclic) bond motifs is 1. The summed E-state index contributed by atoms with van der Waals surface area (Å²) >= 11 is 1.35. The van der Waals surface area contributed by atoms with Gasteiger partial charge in [-0.25, -0.2) is 13.4 Å². The van der Waals surface area contributed by atoms with E-state index < -0.39 is 15.9 Å². The van der Waals surface area contributed by atoms with Crippen molar-refractivity contribution in [3.05, 3.63) is 46.3 Å². The number of carbonyl (C=O) groups excluding carboxylic acids is 1. The molecule has 4 rings (SSSR count). The summed E-state index contributed by atoms with van der Waals surface area (Å²) < 4.78 is 34.7. The first-order valence-corrected chi connectivity index (χ1v) is 13.1. The van der Waals surface area contributed by atoms with Crippen molar-refractivity contribution in [2.75, 3.05) is 18.4 Å². The van der Waals surface area contributed by atoms with Gasteiger partial charge in [0.15, 0.2) is 0 Å². The van der Waals surface area contributed by atoms with Gasteiger partial charge >= 0.3 is 0 Å². The lowest BCUT2D eigenvalue weighted by Crippen LogP contribution is -2.35. The Labute approximate surface area is 196 Å². The predicted octanol–water partition coefficient (Wildman–Crippen LogP) is 3.06. The van der Waals surface area contributed by atoms with Gasteiger partial charge in [-0.1, -0.05) is 6.42 Å². The van der Waals surface area contributed by atoms with E-state index in [9.17, 15) is 18.0 Å². The van der Waals surface area contributed by atoms with Gasteiger partial charge in [0.25, 0.3) is 5.56 Å². The smallest absolute Gasteiger partial charge is 0.262 e. The quantitative estimate of drug-likeness (QED) is 0.545. The van der Waals surface area contributed by atoms with Gasteiger partial charge < -0.3 is 10.1 Å². The van der Waals surface area contributed by atoms with Crippen molar-refractivity contribution < 1.29 is 17.9 Å². The number of piperidine rings is 1. The number of hydrogen-bond acceptors (Lipinski definition) is 7. The average molecular weight is 491 g/mol. The highest BCUT2D eigenvalue weighted by molar-refractivity contribution is 7.89. The number of aromatic nitrogens is 2. The van der Waals surface area contributed by atoms with E-state index in [2.05, 4.69) is 10.3 Å². The Morgan fingerprint density at radius 3 is 2.70 bits per heavy atom. The van der Waals surface area contributed by atoms with E-state index in [0.29, 0.717) is 29.1 Å². The second-order valence-electron chi connectivity index (χ2n) is 8.15. The minimum absolute atomic E-state index is 0.0920. The maximum absolute atomic E-state index is 13.1. The molecule has 1 N–H and O–H groups in total. The van der Waals surface area contributed by atoms with Crippen LogP contribution < -0.4 is 15.6 Å². The van der Waals surface area contributed by atoms with Crippen molar-refractivity contribution in [1.82, 2.24) is 13.9 Å². The first-order valence-electron chi connectivity index (χ1n) is 10.8. The zero-order chi connectivity index (χ0) is 23.6. The fourth-order valence-corrected chi connectivity index (χ4v) is 6.00. The number of nitrogens with one attached hydrogen (secondary N) is 1. The van der Waals surface area contributed by atoms with Crippen molar-refractivity contribution in [2.24, 2.45) is 0 Å². The van der Waals surface area contributed by atoms with E-state index in [-0.39, 0.29) is 28.8 Å². The van der Waals surface area contributed by atoms with Crippen molar-refractivity contribution in [2.45, 2.75) is 50.7 Å². The van der Waals surface area contributed by atoms with Gasteiger partial charge in [-0.2, -0.15) is 4.31 Å². The van der Waals surface area contributed by atoms with E-state index in [0.717, 1.165) is 19.3 Å². The molecule has 9 nitrogen and oxygen atoms in total. The second kappa shape index (κ2) is 9.62. The monoisotopic (exact) mass is 490 g/mol. The molecule has 3 aromatic rings. The Morgan fingerprint density at radius 2 is 1.97 bits per heavy atom. The summed E-state index contributed by atoms with van der Waals surface area (Å²) in [5.74, 6) is -0.135. The molecule has 0 bridgehead atoms. The topological polar surface area (TPSA) is 111 Å². The lowest BCUT2D eigenvalue weighted by Gasteiger charge is -2.26. The SMILES string of the molecule is CC(C)Oc1ccc(S(=O)(=O)N2CCCCC2)cc1NC(=O)Cn1cnc2sccc2c1=O. The van der Waals surface area contributed by atoms with Crippen LogP contribution in [0.5, 0.6) is 5.75 Å². The molecule has 0 atom stereocenters. The molecule has 11 heteroatoms. The Morgan fingerprint density at radius 1 is 1.21 bits per heavy atom. The zero-order valence-electron chi connectivity index (χ0n) is 18.5. The number of anilines is 1. The molecule has 1 aromatic carbocycles. The third-order valence-electron chi connectivity index (χ3n) is 5.30. The summed E-state index contributed by atoms with van der Waals surface area (Å²) in [6.07, 6.45) is 3.82. The number of benzene rings is 1. The van der Waals surface area contributed by atoms with Crippen molar-refractivity contribution in [3.8, 4) is 5.75 Å². The molecule has 1 aliphatic rings. The minimum atomic E-state index is -3.69. The lowest BCUT2D eigenvalue weighted by molar-refractivity contribution is -0.116. The summed E-state index contributed by atoms with van der Waals surface area (Å²) in [7, 11) is -3.69. The highest BCUT2D eigenvalue weighted by atomic mass is 32.2. The van der Waals surface area contributed by atoms with Gasteiger partial charge in [0, 0.05) is 13.1 Å².